The zero-order chi connectivity index (χ0) is 14.7. The third kappa shape index (κ3) is 3.39. The molecule has 6 heteroatoms. The van der Waals surface area contributed by atoms with E-state index in [-0.39, 0.29) is 10.9 Å². The molecule has 2 nitrogen and oxygen atoms in total. The monoisotopic (exact) mass is 344 g/mol. The van der Waals surface area contributed by atoms with Crippen molar-refractivity contribution in [2.45, 2.75) is 12.5 Å². The number of nitrogens with one attached hydrogen (secondary N) is 1. The molecule has 0 aliphatic heterocycles. The Morgan fingerprint density at radius 1 is 1.10 bits per heavy atom. The molecule has 0 aliphatic carbocycles. The summed E-state index contributed by atoms with van der Waals surface area (Å²) in [5, 5.41) is 0. The van der Waals surface area contributed by atoms with E-state index in [1.54, 1.807) is 12.1 Å². The molecule has 0 bridgehead atoms. The number of halogens is 4. The van der Waals surface area contributed by atoms with Gasteiger partial charge in [0.05, 0.1) is 10.5 Å². The third-order valence-corrected chi connectivity index (χ3v) is 3.76. The van der Waals surface area contributed by atoms with E-state index >= 15 is 0 Å². The summed E-state index contributed by atoms with van der Waals surface area (Å²) in [4.78, 5) is 0. The molecule has 0 spiro atoms. The highest BCUT2D eigenvalue weighted by molar-refractivity contribution is 9.10. The first-order valence-electron chi connectivity index (χ1n) is 5.86. The molecule has 0 aliphatic rings. The van der Waals surface area contributed by atoms with Crippen LogP contribution < -0.4 is 11.3 Å². The minimum absolute atomic E-state index is 0.229. The summed E-state index contributed by atoms with van der Waals surface area (Å²) in [6.07, 6.45) is 0.229. The average molecular weight is 345 g/mol. The summed E-state index contributed by atoms with van der Waals surface area (Å²) in [6, 6.07) is 7.32. The Hall–Kier alpha value is -1.37. The molecule has 1 unspecified atom stereocenters. The van der Waals surface area contributed by atoms with Crippen LogP contribution in [0.25, 0.3) is 0 Å². The minimum atomic E-state index is -0.658. The summed E-state index contributed by atoms with van der Waals surface area (Å²) in [6.45, 7) is 0. The highest BCUT2D eigenvalue weighted by atomic mass is 79.9. The lowest BCUT2D eigenvalue weighted by Gasteiger charge is -2.18. The van der Waals surface area contributed by atoms with Crippen molar-refractivity contribution in [2.24, 2.45) is 5.84 Å². The van der Waals surface area contributed by atoms with Gasteiger partial charge in [0.15, 0.2) is 0 Å². The predicted molar refractivity (Wildman–Crippen MR) is 74.2 cm³/mol. The largest absolute Gasteiger partial charge is 0.271 e. The summed E-state index contributed by atoms with van der Waals surface area (Å²) < 4.78 is 40.1. The molecule has 106 valence electrons. The first-order valence-corrected chi connectivity index (χ1v) is 6.65. The van der Waals surface area contributed by atoms with Gasteiger partial charge in [0, 0.05) is 6.07 Å². The SMILES string of the molecule is NNC(Cc1cc(F)cc(F)c1)c1cccc(F)c1Br. The van der Waals surface area contributed by atoms with Crippen LogP contribution in [-0.2, 0) is 6.42 Å². The molecule has 0 heterocycles. The molecule has 0 saturated heterocycles. The van der Waals surface area contributed by atoms with E-state index < -0.39 is 23.5 Å². The lowest BCUT2D eigenvalue weighted by molar-refractivity contribution is 0.531. The number of rotatable bonds is 4. The first kappa shape index (κ1) is 15.0. The molecular weight excluding hydrogens is 333 g/mol. The molecule has 0 fully saturated rings. The lowest BCUT2D eigenvalue weighted by Crippen LogP contribution is -2.30. The fourth-order valence-electron chi connectivity index (χ4n) is 2.01. The Labute approximate surface area is 122 Å². The van der Waals surface area contributed by atoms with Crippen LogP contribution in [-0.4, -0.2) is 0 Å². The second-order valence-corrected chi connectivity index (χ2v) is 5.14. The number of hydrazine groups is 1. The predicted octanol–water partition coefficient (Wildman–Crippen LogP) is 3.61. The van der Waals surface area contributed by atoms with E-state index in [0.29, 0.717) is 11.1 Å². The van der Waals surface area contributed by atoms with E-state index in [1.165, 1.54) is 18.2 Å². The molecule has 1 atom stereocenters. The maximum absolute atomic E-state index is 13.5. The standard InChI is InChI=1S/C14H12BrF3N2/c15-14-11(2-1-3-12(14)18)13(20-19)6-8-4-9(16)7-10(17)5-8/h1-5,7,13,20H,6,19H2. The molecule has 2 aromatic carbocycles. The number of hydrogen-bond acceptors (Lipinski definition) is 2. The van der Waals surface area contributed by atoms with Crippen molar-refractivity contribution >= 4 is 15.9 Å². The maximum atomic E-state index is 13.5. The van der Waals surface area contributed by atoms with Crippen LogP contribution in [0.1, 0.15) is 17.2 Å². The third-order valence-electron chi connectivity index (χ3n) is 2.92. The molecule has 0 aromatic heterocycles. The molecule has 20 heavy (non-hydrogen) atoms. The maximum Gasteiger partial charge on any atom is 0.137 e. The van der Waals surface area contributed by atoms with Crippen molar-refractivity contribution in [1.29, 1.82) is 0 Å². The minimum Gasteiger partial charge on any atom is -0.271 e. The van der Waals surface area contributed by atoms with Crippen molar-refractivity contribution in [3.63, 3.8) is 0 Å². The van der Waals surface area contributed by atoms with Crippen LogP contribution >= 0.6 is 15.9 Å². The van der Waals surface area contributed by atoms with E-state index in [1.807, 2.05) is 0 Å². The van der Waals surface area contributed by atoms with Crippen molar-refractivity contribution in [3.8, 4) is 0 Å². The van der Waals surface area contributed by atoms with Gasteiger partial charge in [-0.05, 0) is 51.7 Å². The quantitative estimate of drug-likeness (QED) is 0.656. The molecule has 0 saturated carbocycles. The van der Waals surface area contributed by atoms with Crippen LogP contribution in [0.2, 0.25) is 0 Å². The van der Waals surface area contributed by atoms with Crippen LogP contribution in [0.15, 0.2) is 40.9 Å². The zero-order valence-electron chi connectivity index (χ0n) is 10.3. The highest BCUT2D eigenvalue weighted by Gasteiger charge is 2.16. The van der Waals surface area contributed by atoms with E-state index in [2.05, 4.69) is 21.4 Å². The van der Waals surface area contributed by atoms with Gasteiger partial charge in [-0.15, -0.1) is 0 Å². The van der Waals surface area contributed by atoms with Gasteiger partial charge in [-0.1, -0.05) is 12.1 Å². The number of hydrogen-bond donors (Lipinski definition) is 2. The lowest BCUT2D eigenvalue weighted by atomic mass is 9.99. The molecule has 2 aromatic rings. The van der Waals surface area contributed by atoms with Crippen LogP contribution in [0.3, 0.4) is 0 Å². The van der Waals surface area contributed by atoms with Crippen LogP contribution in [0.4, 0.5) is 13.2 Å². The zero-order valence-corrected chi connectivity index (χ0v) is 11.9. The Morgan fingerprint density at radius 3 is 2.35 bits per heavy atom. The van der Waals surface area contributed by atoms with Crippen LogP contribution in [0, 0.1) is 17.5 Å². The number of nitrogens with two attached hydrogens (primary N) is 1. The second kappa shape index (κ2) is 6.39. The summed E-state index contributed by atoms with van der Waals surface area (Å²) >= 11 is 3.15. The Bertz CT molecular complexity index is 599. The first-order chi connectivity index (χ1) is 9.51. The average Bonchev–Trinajstić information content (AvgIpc) is 2.38. The van der Waals surface area contributed by atoms with E-state index in [9.17, 15) is 13.2 Å². The van der Waals surface area contributed by atoms with Gasteiger partial charge in [-0.25, -0.2) is 13.2 Å². The van der Waals surface area contributed by atoms with E-state index in [0.717, 1.165) is 6.07 Å². The normalized spacial score (nSPS) is 12.4. The topological polar surface area (TPSA) is 38.0 Å². The molecule has 3 N–H and O–H groups in total. The van der Waals surface area contributed by atoms with Gasteiger partial charge in [0.2, 0.25) is 0 Å². The fourth-order valence-corrected chi connectivity index (χ4v) is 2.55. The van der Waals surface area contributed by atoms with Gasteiger partial charge < -0.3 is 0 Å². The Kier molecular flexibility index (Phi) is 4.80. The number of benzene rings is 2. The van der Waals surface area contributed by atoms with Crippen molar-refractivity contribution in [3.05, 3.63) is 69.4 Å². The smallest absolute Gasteiger partial charge is 0.137 e. The highest BCUT2D eigenvalue weighted by Crippen LogP contribution is 2.28. The fraction of sp³-hybridized carbons (Fsp3) is 0.143. The molecular formula is C14H12BrF3N2. The van der Waals surface area contributed by atoms with Crippen molar-refractivity contribution in [2.75, 3.05) is 0 Å². The van der Waals surface area contributed by atoms with Gasteiger partial charge >= 0.3 is 0 Å². The molecule has 0 radical (unpaired) electrons. The van der Waals surface area contributed by atoms with E-state index in [4.69, 9.17) is 5.84 Å². The molecule has 2 rings (SSSR count). The summed E-state index contributed by atoms with van der Waals surface area (Å²) in [5.74, 6) is 3.73. The second-order valence-electron chi connectivity index (χ2n) is 4.34. The van der Waals surface area contributed by atoms with Gasteiger partial charge in [-0.3, -0.25) is 11.3 Å². The molecule has 0 amide bonds. The van der Waals surface area contributed by atoms with Crippen LogP contribution in [0.5, 0.6) is 0 Å². The van der Waals surface area contributed by atoms with Gasteiger partial charge in [-0.2, -0.15) is 0 Å². The van der Waals surface area contributed by atoms with Gasteiger partial charge in [0.1, 0.15) is 17.5 Å². The van der Waals surface area contributed by atoms with Gasteiger partial charge in [0.25, 0.3) is 0 Å². The Morgan fingerprint density at radius 2 is 1.75 bits per heavy atom. The van der Waals surface area contributed by atoms with Crippen molar-refractivity contribution in [1.82, 2.24) is 5.43 Å². The van der Waals surface area contributed by atoms with Crippen molar-refractivity contribution < 1.29 is 13.2 Å². The summed E-state index contributed by atoms with van der Waals surface area (Å²) in [5.41, 5.74) is 3.55. The Balaban J connectivity index is 2.31. The summed E-state index contributed by atoms with van der Waals surface area (Å²) in [7, 11) is 0.